The summed E-state index contributed by atoms with van der Waals surface area (Å²) < 4.78 is 27.0. The van der Waals surface area contributed by atoms with Crippen molar-refractivity contribution < 1.29 is 13.2 Å². The van der Waals surface area contributed by atoms with E-state index in [1.165, 1.54) is 23.3 Å². The first kappa shape index (κ1) is 20.5. The summed E-state index contributed by atoms with van der Waals surface area (Å²) in [6.07, 6.45) is 2.07. The number of nitrogens with one attached hydrogen (secondary N) is 2. The Hall–Kier alpha value is -2.77. The summed E-state index contributed by atoms with van der Waals surface area (Å²) in [5.74, 6) is 0. The number of carbonyl (C=O) groups excluding carboxylic acids is 1. The second-order valence-corrected chi connectivity index (χ2v) is 10.1. The van der Waals surface area contributed by atoms with E-state index >= 15 is 0 Å². The van der Waals surface area contributed by atoms with E-state index in [0.717, 1.165) is 23.3 Å². The molecule has 0 fully saturated rings. The Morgan fingerprint density at radius 2 is 1.67 bits per heavy atom. The molecule has 7 heteroatoms. The first-order valence-corrected chi connectivity index (χ1v) is 12.0. The Balaban J connectivity index is 1.48. The molecule has 4 rings (SSSR count). The molecular formula is C23H22N2O3S2. The summed E-state index contributed by atoms with van der Waals surface area (Å²) in [7, 11) is -3.94. The molecule has 0 radical (unpaired) electrons. The Labute approximate surface area is 181 Å². The smallest absolute Gasteiger partial charge is 0.306 e. The van der Waals surface area contributed by atoms with E-state index in [1.54, 1.807) is 30.0 Å². The SMILES string of the molecule is Cc1ccc(S(=O)(=O)NC(=O)Nc2ccccc2S[C@H]2CCc3ccccc32)cc1. The third-order valence-electron chi connectivity index (χ3n) is 5.04. The minimum Gasteiger partial charge on any atom is -0.306 e. The topological polar surface area (TPSA) is 75.3 Å². The van der Waals surface area contributed by atoms with Crippen LogP contribution in [0.25, 0.3) is 0 Å². The van der Waals surface area contributed by atoms with Gasteiger partial charge in [0.2, 0.25) is 0 Å². The lowest BCUT2D eigenvalue weighted by Gasteiger charge is -2.16. The summed E-state index contributed by atoms with van der Waals surface area (Å²) in [6.45, 7) is 1.87. The number of hydrogen-bond donors (Lipinski definition) is 2. The largest absolute Gasteiger partial charge is 0.333 e. The highest BCUT2D eigenvalue weighted by molar-refractivity contribution is 7.99. The summed E-state index contributed by atoms with van der Waals surface area (Å²) >= 11 is 1.69. The van der Waals surface area contributed by atoms with Crippen LogP contribution in [0, 0.1) is 6.92 Å². The molecule has 0 spiro atoms. The molecule has 0 saturated heterocycles. The second kappa shape index (κ2) is 8.53. The van der Waals surface area contributed by atoms with Gasteiger partial charge in [0.15, 0.2) is 0 Å². The minimum atomic E-state index is -3.94. The van der Waals surface area contributed by atoms with Crippen LogP contribution < -0.4 is 10.0 Å². The fraction of sp³-hybridized carbons (Fsp3) is 0.174. The molecule has 0 heterocycles. The molecular weight excluding hydrogens is 416 g/mol. The maximum atomic E-state index is 12.5. The number of amides is 2. The number of fused-ring (bicyclic) bond motifs is 1. The van der Waals surface area contributed by atoms with Crippen LogP contribution in [-0.4, -0.2) is 14.4 Å². The van der Waals surface area contributed by atoms with Gasteiger partial charge in [-0.3, -0.25) is 0 Å². The van der Waals surface area contributed by atoms with Gasteiger partial charge in [0.1, 0.15) is 0 Å². The highest BCUT2D eigenvalue weighted by Crippen LogP contribution is 2.46. The van der Waals surface area contributed by atoms with E-state index in [0.29, 0.717) is 10.9 Å². The Morgan fingerprint density at radius 1 is 0.967 bits per heavy atom. The van der Waals surface area contributed by atoms with Gasteiger partial charge in [-0.05, 0) is 55.2 Å². The number of thioether (sulfide) groups is 1. The summed E-state index contributed by atoms with van der Waals surface area (Å²) in [5.41, 5.74) is 4.22. The van der Waals surface area contributed by atoms with E-state index in [9.17, 15) is 13.2 Å². The maximum absolute atomic E-state index is 12.5. The Kier molecular flexibility index (Phi) is 5.83. The van der Waals surface area contributed by atoms with Gasteiger partial charge in [-0.15, -0.1) is 11.8 Å². The molecule has 1 aliphatic rings. The van der Waals surface area contributed by atoms with Crippen LogP contribution in [0.1, 0.15) is 28.4 Å². The van der Waals surface area contributed by atoms with Crippen LogP contribution in [0.2, 0.25) is 0 Å². The van der Waals surface area contributed by atoms with Crippen molar-refractivity contribution >= 4 is 33.5 Å². The van der Waals surface area contributed by atoms with E-state index in [-0.39, 0.29) is 4.90 Å². The van der Waals surface area contributed by atoms with Crippen LogP contribution in [0.5, 0.6) is 0 Å². The number of hydrogen-bond acceptors (Lipinski definition) is 4. The lowest BCUT2D eigenvalue weighted by atomic mass is 10.1. The molecule has 5 nitrogen and oxygen atoms in total. The molecule has 0 saturated carbocycles. The zero-order valence-corrected chi connectivity index (χ0v) is 18.1. The van der Waals surface area contributed by atoms with Crippen molar-refractivity contribution in [1.82, 2.24) is 4.72 Å². The molecule has 0 unspecified atom stereocenters. The van der Waals surface area contributed by atoms with E-state index in [4.69, 9.17) is 0 Å². The number of aryl methyl sites for hydroxylation is 2. The van der Waals surface area contributed by atoms with Gasteiger partial charge >= 0.3 is 6.03 Å². The minimum absolute atomic E-state index is 0.0495. The van der Waals surface area contributed by atoms with Gasteiger partial charge < -0.3 is 5.32 Å². The second-order valence-electron chi connectivity index (χ2n) is 7.21. The van der Waals surface area contributed by atoms with Gasteiger partial charge in [-0.2, -0.15) is 0 Å². The summed E-state index contributed by atoms with van der Waals surface area (Å²) in [4.78, 5) is 13.4. The van der Waals surface area contributed by atoms with Gasteiger partial charge in [0.05, 0.1) is 10.6 Å². The molecule has 30 heavy (non-hydrogen) atoms. The summed E-state index contributed by atoms with van der Waals surface area (Å²) in [5, 5.41) is 3.00. The van der Waals surface area contributed by atoms with Gasteiger partial charge in [0.25, 0.3) is 10.0 Å². The van der Waals surface area contributed by atoms with Crippen LogP contribution in [0.3, 0.4) is 0 Å². The van der Waals surface area contributed by atoms with Gasteiger partial charge in [0, 0.05) is 10.1 Å². The Morgan fingerprint density at radius 3 is 2.47 bits per heavy atom. The van der Waals surface area contributed by atoms with Crippen molar-refractivity contribution in [3.63, 3.8) is 0 Å². The average Bonchev–Trinajstić information content (AvgIpc) is 3.12. The molecule has 3 aromatic rings. The fourth-order valence-electron chi connectivity index (χ4n) is 3.51. The van der Waals surface area contributed by atoms with Crippen molar-refractivity contribution in [3.05, 3.63) is 89.5 Å². The van der Waals surface area contributed by atoms with Crippen molar-refractivity contribution in [2.45, 2.75) is 34.8 Å². The highest BCUT2D eigenvalue weighted by Gasteiger charge is 2.24. The van der Waals surface area contributed by atoms with Crippen molar-refractivity contribution in [3.8, 4) is 0 Å². The average molecular weight is 439 g/mol. The molecule has 2 N–H and O–H groups in total. The number of carbonyl (C=O) groups is 1. The number of anilines is 1. The normalized spacial score (nSPS) is 15.4. The number of sulfonamides is 1. The van der Waals surface area contributed by atoms with E-state index < -0.39 is 16.1 Å². The standard InChI is InChI=1S/C23H22N2O3S2/c1-16-10-13-18(14-11-16)30(27,28)25-23(26)24-20-8-4-5-9-22(20)29-21-15-12-17-6-2-3-7-19(17)21/h2-11,13-14,21H,12,15H2,1H3,(H2,24,25,26)/t21-/m0/s1. The fourth-order valence-corrected chi connectivity index (χ4v) is 5.72. The molecule has 0 aromatic heterocycles. The molecule has 3 aromatic carbocycles. The van der Waals surface area contributed by atoms with Crippen molar-refractivity contribution in [1.29, 1.82) is 0 Å². The molecule has 1 atom stereocenters. The number of benzene rings is 3. The van der Waals surface area contributed by atoms with Crippen LogP contribution in [0.15, 0.2) is 82.6 Å². The maximum Gasteiger partial charge on any atom is 0.333 e. The predicted octanol–water partition coefficient (Wildman–Crippen LogP) is 5.29. The third kappa shape index (κ3) is 4.52. The molecule has 0 aliphatic heterocycles. The van der Waals surface area contributed by atoms with Crippen molar-refractivity contribution in [2.75, 3.05) is 5.32 Å². The first-order chi connectivity index (χ1) is 14.4. The number of rotatable bonds is 5. The zero-order chi connectivity index (χ0) is 21.1. The number of urea groups is 1. The van der Waals surface area contributed by atoms with Gasteiger partial charge in [-0.1, -0.05) is 54.1 Å². The number of para-hydroxylation sites is 1. The first-order valence-electron chi connectivity index (χ1n) is 9.66. The van der Waals surface area contributed by atoms with Crippen LogP contribution in [-0.2, 0) is 16.4 Å². The van der Waals surface area contributed by atoms with Crippen molar-refractivity contribution in [2.24, 2.45) is 0 Å². The molecule has 1 aliphatic carbocycles. The zero-order valence-electron chi connectivity index (χ0n) is 16.5. The van der Waals surface area contributed by atoms with Crippen LogP contribution >= 0.6 is 11.8 Å². The quantitative estimate of drug-likeness (QED) is 0.568. The predicted molar refractivity (Wildman–Crippen MR) is 120 cm³/mol. The third-order valence-corrected chi connectivity index (χ3v) is 7.77. The summed E-state index contributed by atoms with van der Waals surface area (Å²) in [6, 6.07) is 21.4. The highest BCUT2D eigenvalue weighted by atomic mass is 32.2. The Bertz CT molecular complexity index is 1180. The van der Waals surface area contributed by atoms with E-state index in [1.807, 2.05) is 31.2 Å². The van der Waals surface area contributed by atoms with Crippen LogP contribution in [0.4, 0.5) is 10.5 Å². The monoisotopic (exact) mass is 438 g/mol. The molecule has 2 amide bonds. The van der Waals surface area contributed by atoms with E-state index in [2.05, 4.69) is 28.2 Å². The molecule has 154 valence electrons. The lowest BCUT2D eigenvalue weighted by molar-refractivity contribution is 0.256. The molecule has 0 bridgehead atoms. The van der Waals surface area contributed by atoms with Gasteiger partial charge in [-0.25, -0.2) is 17.9 Å². The lowest BCUT2D eigenvalue weighted by Crippen LogP contribution is -2.34.